The quantitative estimate of drug-likeness (QED) is 0.0488. The van der Waals surface area contributed by atoms with Crippen LogP contribution in [0.1, 0.15) is 121 Å². The number of aliphatic hydroxyl groups excluding tert-OH is 1. The van der Waals surface area contributed by atoms with E-state index < -0.39 is 0 Å². The number of rotatable bonds is 25. The summed E-state index contributed by atoms with van der Waals surface area (Å²) in [6.45, 7) is 18.7. The topological polar surface area (TPSA) is 114 Å². The highest BCUT2D eigenvalue weighted by Crippen LogP contribution is 2.39. The molecule has 2 aromatic carbocycles. The van der Waals surface area contributed by atoms with E-state index in [1.54, 1.807) is 12.1 Å². The lowest BCUT2D eigenvalue weighted by atomic mass is 9.95. The van der Waals surface area contributed by atoms with Crippen molar-refractivity contribution in [3.63, 3.8) is 0 Å². The number of benzene rings is 2. The summed E-state index contributed by atoms with van der Waals surface area (Å²) in [6, 6.07) is 3.52. The fourth-order valence-electron chi connectivity index (χ4n) is 8.03. The summed E-state index contributed by atoms with van der Waals surface area (Å²) in [5.74, 6) is 0.952. The first-order valence-electron chi connectivity index (χ1n) is 22.3. The molecule has 3 aromatic rings. The normalized spacial score (nSPS) is 15.3. The van der Waals surface area contributed by atoms with Crippen LogP contribution in [0.2, 0.25) is 0 Å². The Morgan fingerprint density at radius 3 is 1.53 bits per heavy atom. The van der Waals surface area contributed by atoms with Gasteiger partial charge in [0, 0.05) is 49.4 Å². The van der Waals surface area contributed by atoms with E-state index in [-0.39, 0.29) is 28.8 Å². The lowest BCUT2D eigenvalue weighted by molar-refractivity contribution is 0.0370. The van der Waals surface area contributed by atoms with Crippen molar-refractivity contribution in [3.05, 3.63) is 62.3 Å². The SMILES string of the molecule is CC(C)=CCc1c(OCCCCCCCCN2CCOCC2)cc2oc3cc(OCCCCCCCCN4CCOCC4)c(CO)c(CC=C(C)C)c3c(=O)c2c1O. The van der Waals surface area contributed by atoms with E-state index in [2.05, 4.69) is 9.80 Å². The van der Waals surface area contributed by atoms with Crippen molar-refractivity contribution >= 4 is 21.9 Å². The highest BCUT2D eigenvalue weighted by atomic mass is 16.5. The van der Waals surface area contributed by atoms with E-state index in [0.717, 1.165) is 115 Å². The van der Waals surface area contributed by atoms with Crippen molar-refractivity contribution < 1.29 is 33.6 Å². The Kier molecular flexibility index (Phi) is 19.4. The average molecular weight is 805 g/mol. The number of hydrogen-bond acceptors (Lipinski definition) is 10. The van der Waals surface area contributed by atoms with Gasteiger partial charge in [-0.2, -0.15) is 0 Å². The zero-order valence-electron chi connectivity index (χ0n) is 36.1. The molecule has 10 heteroatoms. The van der Waals surface area contributed by atoms with Gasteiger partial charge >= 0.3 is 0 Å². The Balaban J connectivity index is 1.28. The van der Waals surface area contributed by atoms with Crippen molar-refractivity contribution in [2.75, 3.05) is 78.9 Å². The molecule has 5 rings (SSSR count). The molecule has 3 heterocycles. The number of fused-ring (bicyclic) bond motifs is 2. The zero-order valence-corrected chi connectivity index (χ0v) is 36.1. The second-order valence-corrected chi connectivity index (χ2v) is 16.7. The van der Waals surface area contributed by atoms with Crippen molar-refractivity contribution in [2.24, 2.45) is 0 Å². The Morgan fingerprint density at radius 2 is 1.05 bits per heavy atom. The van der Waals surface area contributed by atoms with Gasteiger partial charge in [-0.15, -0.1) is 0 Å². The largest absolute Gasteiger partial charge is 0.507 e. The second kappa shape index (κ2) is 24.6. The molecule has 0 amide bonds. The molecule has 0 saturated carbocycles. The van der Waals surface area contributed by atoms with Crippen LogP contribution in [0.3, 0.4) is 0 Å². The van der Waals surface area contributed by atoms with E-state index in [9.17, 15) is 15.0 Å². The van der Waals surface area contributed by atoms with Crippen LogP contribution in [0.15, 0.2) is 44.6 Å². The highest BCUT2D eigenvalue weighted by molar-refractivity contribution is 5.97. The summed E-state index contributed by atoms with van der Waals surface area (Å²) in [7, 11) is 0. The number of hydrogen-bond donors (Lipinski definition) is 2. The van der Waals surface area contributed by atoms with Crippen LogP contribution < -0.4 is 14.9 Å². The molecule has 0 spiro atoms. The van der Waals surface area contributed by atoms with E-state index in [4.69, 9.17) is 23.4 Å². The monoisotopic (exact) mass is 805 g/mol. The minimum absolute atomic E-state index is 0.110. The van der Waals surface area contributed by atoms with Crippen LogP contribution in [0.25, 0.3) is 21.9 Å². The first-order chi connectivity index (χ1) is 28.3. The summed E-state index contributed by atoms with van der Waals surface area (Å²) >= 11 is 0. The Hall–Kier alpha value is -3.41. The minimum atomic E-state index is -0.320. The fraction of sp³-hybridized carbons (Fsp3) is 0.646. The van der Waals surface area contributed by atoms with Gasteiger partial charge in [-0.25, -0.2) is 0 Å². The molecular formula is C48H72N2O8. The molecule has 10 nitrogen and oxygen atoms in total. The third-order valence-corrected chi connectivity index (χ3v) is 11.5. The summed E-state index contributed by atoms with van der Waals surface area (Å²) in [5.41, 5.74) is 4.35. The summed E-state index contributed by atoms with van der Waals surface area (Å²) < 4.78 is 30.1. The maximum Gasteiger partial charge on any atom is 0.204 e. The van der Waals surface area contributed by atoms with Gasteiger partial charge in [0.25, 0.3) is 0 Å². The maximum absolute atomic E-state index is 14.5. The number of phenols is 1. The van der Waals surface area contributed by atoms with E-state index >= 15 is 0 Å². The summed E-state index contributed by atoms with van der Waals surface area (Å²) in [5, 5.41) is 23.0. The van der Waals surface area contributed by atoms with Crippen molar-refractivity contribution in [3.8, 4) is 17.2 Å². The average Bonchev–Trinajstić information content (AvgIpc) is 3.21. The van der Waals surface area contributed by atoms with Crippen molar-refractivity contribution in [2.45, 2.75) is 124 Å². The van der Waals surface area contributed by atoms with Gasteiger partial charge in [-0.05, 0) is 84.9 Å². The van der Waals surface area contributed by atoms with Gasteiger partial charge in [0.1, 0.15) is 33.8 Å². The molecule has 0 unspecified atom stereocenters. The molecular weight excluding hydrogens is 733 g/mol. The number of unbranched alkanes of at least 4 members (excludes halogenated alkanes) is 10. The highest BCUT2D eigenvalue weighted by Gasteiger charge is 2.24. The molecule has 0 radical (unpaired) electrons. The van der Waals surface area contributed by atoms with Crippen LogP contribution in [0.5, 0.6) is 17.2 Å². The Bertz CT molecular complexity index is 1830. The number of aromatic hydroxyl groups is 1. The smallest absolute Gasteiger partial charge is 0.204 e. The molecule has 2 fully saturated rings. The molecule has 2 saturated heterocycles. The summed E-state index contributed by atoms with van der Waals surface area (Å²) in [4.78, 5) is 19.5. The van der Waals surface area contributed by atoms with Crippen LogP contribution >= 0.6 is 0 Å². The molecule has 0 aliphatic carbocycles. The standard InChI is InChI=1S/C48H72N2O8/c1-36(2)17-19-38-40(35-51)42(57-28-16-12-8-6-10-14-22-50-25-31-55-32-26-50)34-43-45(38)48(53)46-44(58-43)33-41(39(47(46)52)20-18-37(3)4)56-27-15-11-7-5-9-13-21-49-23-29-54-30-24-49/h17-18,33-34,51-52H,5-16,19-32,35H2,1-4H3. The minimum Gasteiger partial charge on any atom is -0.507 e. The summed E-state index contributed by atoms with van der Waals surface area (Å²) in [6.07, 6.45) is 18.5. The first-order valence-corrected chi connectivity index (χ1v) is 22.3. The molecule has 1 aromatic heterocycles. The van der Waals surface area contributed by atoms with Gasteiger partial charge in [0.15, 0.2) is 0 Å². The van der Waals surface area contributed by atoms with E-state index in [1.807, 2.05) is 39.8 Å². The third kappa shape index (κ3) is 13.8. The van der Waals surface area contributed by atoms with Gasteiger partial charge in [0.05, 0.1) is 51.6 Å². The maximum atomic E-state index is 14.5. The fourth-order valence-corrected chi connectivity index (χ4v) is 8.03. The molecule has 322 valence electrons. The number of allylic oxidation sites excluding steroid dienone is 4. The predicted molar refractivity (Wildman–Crippen MR) is 235 cm³/mol. The molecule has 2 aliphatic rings. The van der Waals surface area contributed by atoms with Crippen LogP contribution in [0, 0.1) is 0 Å². The Morgan fingerprint density at radius 1 is 0.621 bits per heavy atom. The number of morpholine rings is 2. The van der Waals surface area contributed by atoms with Gasteiger partial charge in [0.2, 0.25) is 5.43 Å². The van der Waals surface area contributed by atoms with Gasteiger partial charge in [-0.1, -0.05) is 74.7 Å². The van der Waals surface area contributed by atoms with E-state index in [0.29, 0.717) is 65.2 Å². The molecule has 2 aliphatic heterocycles. The van der Waals surface area contributed by atoms with Crippen molar-refractivity contribution in [1.82, 2.24) is 9.80 Å². The van der Waals surface area contributed by atoms with Crippen molar-refractivity contribution in [1.29, 1.82) is 0 Å². The second-order valence-electron chi connectivity index (χ2n) is 16.7. The predicted octanol–water partition coefficient (Wildman–Crippen LogP) is 9.26. The zero-order chi connectivity index (χ0) is 41.1. The molecule has 58 heavy (non-hydrogen) atoms. The van der Waals surface area contributed by atoms with Gasteiger partial charge < -0.3 is 33.6 Å². The van der Waals surface area contributed by atoms with Gasteiger partial charge in [-0.3, -0.25) is 14.6 Å². The van der Waals surface area contributed by atoms with E-state index in [1.165, 1.54) is 38.5 Å². The number of phenolic OH excluding ortho intramolecular Hbond substituents is 1. The van der Waals surface area contributed by atoms with Crippen LogP contribution in [-0.2, 0) is 28.9 Å². The third-order valence-electron chi connectivity index (χ3n) is 11.5. The Labute approximate surface area is 347 Å². The number of ether oxygens (including phenoxy) is 4. The van der Waals surface area contributed by atoms with Crippen LogP contribution in [-0.4, -0.2) is 98.9 Å². The molecule has 0 atom stereocenters. The lowest BCUT2D eigenvalue weighted by Crippen LogP contribution is -2.36. The molecule has 0 bridgehead atoms. The number of aliphatic hydroxyl groups is 1. The molecule has 2 N–H and O–H groups in total. The van der Waals surface area contributed by atoms with Crippen LogP contribution in [0.4, 0.5) is 0 Å². The number of nitrogens with zero attached hydrogens (tertiary/aromatic N) is 2. The first kappa shape index (κ1) is 45.7. The lowest BCUT2D eigenvalue weighted by Gasteiger charge is -2.26.